The van der Waals surface area contributed by atoms with Gasteiger partial charge in [-0.2, -0.15) is 0 Å². The molecule has 0 aromatic heterocycles. The normalized spacial score (nSPS) is 26.6. The lowest BCUT2D eigenvalue weighted by atomic mass is 9.96. The van der Waals surface area contributed by atoms with E-state index in [2.05, 4.69) is 10.0 Å². The summed E-state index contributed by atoms with van der Waals surface area (Å²) in [7, 11) is -3.56. The van der Waals surface area contributed by atoms with Crippen LogP contribution in [-0.4, -0.2) is 78.6 Å². The zero-order valence-electron chi connectivity index (χ0n) is 17.9. The molecule has 33 heavy (non-hydrogen) atoms. The van der Waals surface area contributed by atoms with E-state index >= 15 is 0 Å². The van der Waals surface area contributed by atoms with Gasteiger partial charge in [-0.3, -0.25) is 10.0 Å². The maximum atomic E-state index is 14.9. The lowest BCUT2D eigenvalue weighted by Gasteiger charge is -2.43. The van der Waals surface area contributed by atoms with E-state index < -0.39 is 59.3 Å². The van der Waals surface area contributed by atoms with Crippen LogP contribution in [0.1, 0.15) is 6.92 Å². The highest BCUT2D eigenvalue weighted by atomic mass is 32.2. The summed E-state index contributed by atoms with van der Waals surface area (Å²) in [4.78, 5) is 0. The highest BCUT2D eigenvalue weighted by Gasteiger charge is 2.46. The van der Waals surface area contributed by atoms with Crippen molar-refractivity contribution < 1.29 is 42.7 Å². The Morgan fingerprint density at radius 1 is 1.18 bits per heavy atom. The van der Waals surface area contributed by atoms with Crippen LogP contribution in [0.5, 0.6) is 5.75 Å². The molecule has 0 amide bonds. The third kappa shape index (κ3) is 6.18. The summed E-state index contributed by atoms with van der Waals surface area (Å²) < 4.78 is 51.8. The van der Waals surface area contributed by atoms with Gasteiger partial charge in [-0.05, 0) is 36.8 Å². The monoisotopic (exact) mass is 486 g/mol. The molecule has 1 fully saturated rings. The Kier molecular flexibility index (Phi) is 7.90. The molecule has 182 valence electrons. The Hall–Kier alpha value is -2.32. The molecule has 2 aromatic carbocycles. The number of aliphatic hydroxyl groups excluding tert-OH is 4. The molecule has 2 aromatic rings. The minimum Gasteiger partial charge on any atom is -0.462 e. The van der Waals surface area contributed by atoms with Crippen molar-refractivity contribution in [3.63, 3.8) is 0 Å². The quantitative estimate of drug-likeness (QED) is 0.282. The van der Waals surface area contributed by atoms with Crippen LogP contribution in [-0.2, 0) is 14.8 Å². The molecule has 1 heterocycles. The molecule has 1 aliphatic heterocycles. The largest absolute Gasteiger partial charge is 0.462 e. The first-order valence-corrected chi connectivity index (χ1v) is 12.0. The van der Waals surface area contributed by atoms with E-state index in [0.29, 0.717) is 5.56 Å². The number of nitrogens with one attached hydrogen (secondary N) is 2. The summed E-state index contributed by atoms with van der Waals surface area (Å²) in [6.07, 6.45) is -5.57. The van der Waals surface area contributed by atoms with Gasteiger partial charge >= 0.3 is 0 Å². The van der Waals surface area contributed by atoms with Crippen molar-refractivity contribution in [2.75, 3.05) is 17.6 Å². The Labute approximate surface area is 190 Å². The van der Waals surface area contributed by atoms with Gasteiger partial charge in [0.15, 0.2) is 0 Å². The number of anilines is 1. The number of hydrogen-bond acceptors (Lipinski definition) is 9. The second-order valence-electron chi connectivity index (χ2n) is 7.76. The van der Waals surface area contributed by atoms with E-state index in [0.717, 1.165) is 6.26 Å². The fourth-order valence-corrected chi connectivity index (χ4v) is 4.15. The molecule has 6 N–H and O–H groups in total. The number of aliphatic hydroxyl groups is 4. The first-order valence-electron chi connectivity index (χ1n) is 10.1. The minimum absolute atomic E-state index is 0.00444. The van der Waals surface area contributed by atoms with Gasteiger partial charge in [0.05, 0.1) is 18.4 Å². The van der Waals surface area contributed by atoms with Crippen molar-refractivity contribution in [3.05, 3.63) is 48.3 Å². The van der Waals surface area contributed by atoms with Crippen molar-refractivity contribution in [3.8, 4) is 16.9 Å². The fourth-order valence-electron chi connectivity index (χ4n) is 3.60. The molecule has 0 radical (unpaired) electrons. The molecule has 0 aliphatic carbocycles. The molecule has 1 saturated heterocycles. The topological polar surface area (TPSA) is 158 Å². The summed E-state index contributed by atoms with van der Waals surface area (Å²) in [5.41, 5.74) is 0.507. The zero-order valence-corrected chi connectivity index (χ0v) is 18.7. The first-order chi connectivity index (χ1) is 15.5. The van der Waals surface area contributed by atoms with Gasteiger partial charge in [0, 0.05) is 5.69 Å². The van der Waals surface area contributed by atoms with Crippen LogP contribution in [0.3, 0.4) is 0 Å². The predicted molar refractivity (Wildman–Crippen MR) is 117 cm³/mol. The van der Waals surface area contributed by atoms with Gasteiger partial charge in [-0.1, -0.05) is 18.2 Å². The van der Waals surface area contributed by atoms with Crippen LogP contribution < -0.4 is 14.8 Å². The lowest BCUT2D eigenvalue weighted by Crippen LogP contribution is -2.65. The second-order valence-corrected chi connectivity index (χ2v) is 9.51. The van der Waals surface area contributed by atoms with E-state index in [1.165, 1.54) is 43.3 Å². The SMILES string of the molecule is CC(O)NC1C(O)[C@@H](O)C(CO)O[C@H]1Oc1cccc(F)c1-c1cccc(NS(C)(=O)=O)c1. The maximum Gasteiger partial charge on any atom is 0.229 e. The van der Waals surface area contributed by atoms with Crippen LogP contribution in [0.25, 0.3) is 11.1 Å². The summed E-state index contributed by atoms with van der Waals surface area (Å²) in [6.45, 7) is 0.775. The summed E-state index contributed by atoms with van der Waals surface area (Å²) in [5.74, 6) is -0.673. The number of hydrogen-bond donors (Lipinski definition) is 6. The van der Waals surface area contributed by atoms with E-state index in [-0.39, 0.29) is 17.0 Å². The molecule has 3 rings (SSSR count). The van der Waals surface area contributed by atoms with Crippen molar-refractivity contribution in [1.82, 2.24) is 5.32 Å². The molecule has 6 atom stereocenters. The highest BCUT2D eigenvalue weighted by Crippen LogP contribution is 2.36. The predicted octanol–water partition coefficient (Wildman–Crippen LogP) is -0.0215. The van der Waals surface area contributed by atoms with Crippen molar-refractivity contribution in [2.45, 2.75) is 43.8 Å². The fraction of sp³-hybridized carbons (Fsp3) is 0.429. The molecule has 1 aliphatic rings. The maximum absolute atomic E-state index is 14.9. The Balaban J connectivity index is 1.99. The van der Waals surface area contributed by atoms with Gasteiger partial charge in [0.2, 0.25) is 16.3 Å². The van der Waals surface area contributed by atoms with Crippen molar-refractivity contribution >= 4 is 15.7 Å². The Bertz CT molecular complexity index is 1070. The van der Waals surface area contributed by atoms with Crippen LogP contribution >= 0.6 is 0 Å². The standard InChI is InChI=1S/C21H27FN2O8S/c1-11(26)23-18-20(28)19(27)16(10-25)32-21(18)31-15-8-4-7-14(22)17(15)12-5-3-6-13(9-12)24-33(2,29)30/h3-9,11,16,18-21,23-28H,10H2,1-2H3/t11?,16?,18?,19-,20?,21+/m0/s1. The average molecular weight is 487 g/mol. The molecule has 0 spiro atoms. The van der Waals surface area contributed by atoms with E-state index in [1.54, 1.807) is 6.07 Å². The summed E-state index contributed by atoms with van der Waals surface area (Å²) in [6, 6.07) is 8.93. The average Bonchev–Trinajstić information content (AvgIpc) is 2.72. The van der Waals surface area contributed by atoms with Crippen LogP contribution in [0.2, 0.25) is 0 Å². The number of halogens is 1. The third-order valence-corrected chi connectivity index (χ3v) is 5.59. The minimum atomic E-state index is -3.56. The molecule has 12 heteroatoms. The van der Waals surface area contributed by atoms with Crippen molar-refractivity contribution in [1.29, 1.82) is 0 Å². The van der Waals surface area contributed by atoms with Gasteiger partial charge in [-0.25, -0.2) is 12.8 Å². The molecule has 0 saturated carbocycles. The highest BCUT2D eigenvalue weighted by molar-refractivity contribution is 7.92. The Morgan fingerprint density at radius 2 is 1.88 bits per heavy atom. The van der Waals surface area contributed by atoms with Gasteiger partial charge in [-0.15, -0.1) is 0 Å². The number of rotatable bonds is 8. The molecule has 10 nitrogen and oxygen atoms in total. The van der Waals surface area contributed by atoms with Crippen LogP contribution in [0, 0.1) is 5.82 Å². The molecular weight excluding hydrogens is 459 g/mol. The van der Waals surface area contributed by atoms with Gasteiger partial charge in [0.1, 0.15) is 42.1 Å². The lowest BCUT2D eigenvalue weighted by molar-refractivity contribution is -0.248. The number of benzene rings is 2. The van der Waals surface area contributed by atoms with Crippen molar-refractivity contribution in [2.24, 2.45) is 0 Å². The summed E-state index contributed by atoms with van der Waals surface area (Å²) >= 11 is 0. The second kappa shape index (κ2) is 10.3. The number of sulfonamides is 1. The smallest absolute Gasteiger partial charge is 0.229 e. The van der Waals surface area contributed by atoms with Crippen LogP contribution in [0.4, 0.5) is 10.1 Å². The third-order valence-electron chi connectivity index (χ3n) is 4.99. The van der Waals surface area contributed by atoms with E-state index in [4.69, 9.17) is 9.47 Å². The number of ether oxygens (including phenoxy) is 2. The van der Waals surface area contributed by atoms with E-state index in [1.807, 2.05) is 0 Å². The first kappa shape index (κ1) is 25.3. The van der Waals surface area contributed by atoms with Crippen LogP contribution in [0.15, 0.2) is 42.5 Å². The van der Waals surface area contributed by atoms with E-state index in [9.17, 15) is 33.2 Å². The molecule has 4 unspecified atom stereocenters. The summed E-state index contributed by atoms with van der Waals surface area (Å²) in [5, 5.41) is 42.5. The van der Waals surface area contributed by atoms with Gasteiger partial charge in [0.25, 0.3) is 0 Å². The Morgan fingerprint density at radius 3 is 2.52 bits per heavy atom. The van der Waals surface area contributed by atoms with Gasteiger partial charge < -0.3 is 29.9 Å². The zero-order chi connectivity index (χ0) is 24.3. The molecule has 0 bridgehead atoms. The molecular formula is C21H27FN2O8S.